The molecular formula is C66H45N3Si. The number of aromatic nitrogens is 3. The minimum atomic E-state index is -2.71. The molecule has 11 aromatic carbocycles. The van der Waals surface area contributed by atoms with Crippen molar-refractivity contribution in [3.8, 4) is 28.2 Å². The van der Waals surface area contributed by atoms with Gasteiger partial charge in [0.05, 0.1) is 44.5 Å². The summed E-state index contributed by atoms with van der Waals surface area (Å²) in [7, 11) is -2.71. The molecule has 0 unspecified atom stereocenters. The molecule has 4 heteroatoms. The molecule has 0 N–H and O–H groups in total. The van der Waals surface area contributed by atoms with Crippen LogP contribution in [0.5, 0.6) is 0 Å². The van der Waals surface area contributed by atoms with Crippen molar-refractivity contribution in [2.75, 3.05) is 0 Å². The van der Waals surface area contributed by atoms with Crippen LogP contribution in [-0.2, 0) is 0 Å². The summed E-state index contributed by atoms with van der Waals surface area (Å²) in [5, 5.41) is 12.8. The molecule has 0 saturated heterocycles. The molecule has 70 heavy (non-hydrogen) atoms. The molecule has 0 bridgehead atoms. The van der Waals surface area contributed by atoms with Gasteiger partial charge in [-0.05, 0) is 86.5 Å². The van der Waals surface area contributed by atoms with Crippen molar-refractivity contribution in [2.45, 2.75) is 0 Å². The van der Waals surface area contributed by atoms with Crippen LogP contribution in [-0.4, -0.2) is 21.8 Å². The van der Waals surface area contributed by atoms with Crippen LogP contribution in [0.4, 0.5) is 0 Å². The maximum atomic E-state index is 2.55. The topological polar surface area (TPSA) is 14.8 Å². The van der Waals surface area contributed by atoms with Crippen molar-refractivity contribution in [1.82, 2.24) is 13.7 Å². The van der Waals surface area contributed by atoms with E-state index in [9.17, 15) is 0 Å². The molecule has 0 amide bonds. The molecule has 0 spiro atoms. The molecule has 3 heterocycles. The van der Waals surface area contributed by atoms with Gasteiger partial charge in [-0.15, -0.1) is 0 Å². The highest BCUT2D eigenvalue weighted by Crippen LogP contribution is 2.43. The average Bonchev–Trinajstić information content (AvgIpc) is 4.09. The Morgan fingerprint density at radius 1 is 0.243 bits per heavy atom. The van der Waals surface area contributed by atoms with Crippen LogP contribution < -0.4 is 20.7 Å². The molecule has 14 rings (SSSR count). The maximum absolute atomic E-state index is 2.71. The summed E-state index contributed by atoms with van der Waals surface area (Å²) in [6.45, 7) is 0. The highest BCUT2D eigenvalue weighted by molar-refractivity contribution is 7.19. The highest BCUT2D eigenvalue weighted by Gasteiger charge is 2.41. The predicted molar refractivity (Wildman–Crippen MR) is 299 cm³/mol. The number of para-hydroxylation sites is 4. The molecule has 14 aromatic rings. The Balaban J connectivity index is 1.02. The summed E-state index contributed by atoms with van der Waals surface area (Å²) in [6.07, 6.45) is 0. The van der Waals surface area contributed by atoms with Gasteiger partial charge in [-0.3, -0.25) is 0 Å². The first-order valence-electron chi connectivity index (χ1n) is 24.2. The minimum Gasteiger partial charge on any atom is -0.309 e. The second-order valence-corrected chi connectivity index (χ2v) is 22.2. The van der Waals surface area contributed by atoms with Gasteiger partial charge in [-0.2, -0.15) is 0 Å². The summed E-state index contributed by atoms with van der Waals surface area (Å²) in [4.78, 5) is 0. The Kier molecular flexibility index (Phi) is 9.23. The second kappa shape index (κ2) is 16.1. The van der Waals surface area contributed by atoms with Gasteiger partial charge in [0.2, 0.25) is 0 Å². The van der Waals surface area contributed by atoms with Gasteiger partial charge in [0, 0.05) is 38.0 Å². The van der Waals surface area contributed by atoms with Gasteiger partial charge >= 0.3 is 0 Å². The molecule has 0 aliphatic carbocycles. The maximum Gasteiger partial charge on any atom is 0.179 e. The van der Waals surface area contributed by atoms with Crippen molar-refractivity contribution in [3.63, 3.8) is 0 Å². The van der Waals surface area contributed by atoms with Crippen molar-refractivity contribution < 1.29 is 0 Å². The smallest absolute Gasteiger partial charge is 0.179 e. The Labute approximate surface area is 407 Å². The van der Waals surface area contributed by atoms with Crippen LogP contribution in [0.2, 0.25) is 0 Å². The van der Waals surface area contributed by atoms with E-state index in [2.05, 4.69) is 287 Å². The molecule has 0 atom stereocenters. The van der Waals surface area contributed by atoms with E-state index in [4.69, 9.17) is 0 Å². The lowest BCUT2D eigenvalue weighted by Crippen LogP contribution is -2.74. The lowest BCUT2D eigenvalue weighted by molar-refractivity contribution is 1.14. The van der Waals surface area contributed by atoms with E-state index >= 15 is 0 Å². The summed E-state index contributed by atoms with van der Waals surface area (Å²) < 4.78 is 7.52. The normalized spacial score (nSPS) is 12.0. The zero-order chi connectivity index (χ0) is 46.2. The lowest BCUT2D eigenvalue weighted by atomic mass is 10.0. The monoisotopic (exact) mass is 907 g/mol. The summed E-state index contributed by atoms with van der Waals surface area (Å²) in [5.74, 6) is 0. The van der Waals surface area contributed by atoms with Gasteiger partial charge < -0.3 is 13.7 Å². The number of nitrogens with zero attached hydrogens (tertiary/aromatic N) is 3. The summed E-state index contributed by atoms with van der Waals surface area (Å²) in [6, 6.07) is 101. The number of hydrogen-bond acceptors (Lipinski definition) is 0. The number of rotatable bonds is 8. The molecule has 0 aliphatic heterocycles. The molecular weight excluding hydrogens is 863 g/mol. The van der Waals surface area contributed by atoms with Crippen LogP contribution in [0.25, 0.3) is 93.6 Å². The van der Waals surface area contributed by atoms with Crippen LogP contribution in [0, 0.1) is 0 Å². The summed E-state index contributed by atoms with van der Waals surface area (Å²) >= 11 is 0. The van der Waals surface area contributed by atoms with E-state index in [1.165, 1.54) is 91.8 Å². The Bertz CT molecular complexity index is 4170. The predicted octanol–water partition coefficient (Wildman–Crippen LogP) is 14.0. The largest absolute Gasteiger partial charge is 0.309 e. The number of hydrogen-bond donors (Lipinski definition) is 0. The Hall–Kier alpha value is -8.96. The number of fused-ring (bicyclic) bond motifs is 9. The van der Waals surface area contributed by atoms with E-state index < -0.39 is 8.07 Å². The van der Waals surface area contributed by atoms with E-state index in [0.29, 0.717) is 0 Å². The van der Waals surface area contributed by atoms with Gasteiger partial charge in [-0.1, -0.05) is 218 Å². The molecule has 3 nitrogen and oxygen atoms in total. The first-order valence-corrected chi connectivity index (χ1v) is 26.2. The molecule has 0 saturated carbocycles. The fourth-order valence-electron chi connectivity index (χ4n) is 11.9. The summed E-state index contributed by atoms with van der Waals surface area (Å²) in [5.41, 5.74) is 12.9. The van der Waals surface area contributed by atoms with Gasteiger partial charge in [-0.25, -0.2) is 0 Å². The third kappa shape index (κ3) is 5.94. The third-order valence-electron chi connectivity index (χ3n) is 14.8. The van der Waals surface area contributed by atoms with Crippen molar-refractivity contribution in [2.24, 2.45) is 0 Å². The van der Waals surface area contributed by atoms with Crippen molar-refractivity contribution in [3.05, 3.63) is 273 Å². The fraction of sp³-hybridized carbons (Fsp3) is 0. The van der Waals surface area contributed by atoms with E-state index in [1.807, 2.05) is 0 Å². The molecule has 0 aliphatic rings. The van der Waals surface area contributed by atoms with Gasteiger partial charge in [0.15, 0.2) is 8.07 Å². The van der Waals surface area contributed by atoms with E-state index in [-0.39, 0.29) is 0 Å². The fourth-order valence-corrected chi connectivity index (χ4v) is 16.6. The molecule has 0 radical (unpaired) electrons. The third-order valence-corrected chi connectivity index (χ3v) is 19.6. The molecule has 328 valence electrons. The van der Waals surface area contributed by atoms with E-state index in [1.54, 1.807) is 0 Å². The van der Waals surface area contributed by atoms with Crippen molar-refractivity contribution >= 4 is 94.2 Å². The Morgan fingerprint density at radius 2 is 0.686 bits per heavy atom. The molecule has 0 fully saturated rings. The van der Waals surface area contributed by atoms with Gasteiger partial charge in [0.1, 0.15) is 0 Å². The second-order valence-electron chi connectivity index (χ2n) is 18.4. The highest BCUT2D eigenvalue weighted by atomic mass is 28.3. The van der Waals surface area contributed by atoms with Crippen molar-refractivity contribution in [1.29, 1.82) is 0 Å². The van der Waals surface area contributed by atoms with Crippen LogP contribution in [0.1, 0.15) is 0 Å². The first-order chi connectivity index (χ1) is 34.8. The first kappa shape index (κ1) is 40.1. The number of benzene rings is 11. The molecule has 3 aromatic heterocycles. The lowest BCUT2D eigenvalue weighted by Gasteiger charge is -2.34. The minimum absolute atomic E-state index is 1.13. The zero-order valence-corrected chi connectivity index (χ0v) is 39.3. The van der Waals surface area contributed by atoms with Gasteiger partial charge in [0.25, 0.3) is 0 Å². The van der Waals surface area contributed by atoms with E-state index in [0.717, 1.165) is 22.6 Å². The average molecular weight is 908 g/mol. The van der Waals surface area contributed by atoms with Crippen LogP contribution in [0.15, 0.2) is 273 Å². The SMILES string of the molecule is c1ccc(-c2ccc3c4ccccc4n(-c4cccc5c6ccccc6n(-c6cccc7c6c6ccccc6n7-c6ccc([Si](c7ccccc7)(c7ccccc7)c7ccccc7)cc6)c45)c3c2)cc1. The quantitative estimate of drug-likeness (QED) is 0.107. The van der Waals surface area contributed by atoms with Crippen LogP contribution in [0.3, 0.4) is 0 Å². The zero-order valence-electron chi connectivity index (χ0n) is 38.3. The Morgan fingerprint density at radius 3 is 1.31 bits per heavy atom. The van der Waals surface area contributed by atoms with Crippen LogP contribution >= 0.6 is 0 Å². The standard InChI is InChI=1S/C66H45N3Si/c1-5-21-46(22-6-1)47-39-44-55-53-29-13-16-33-58(53)68(64(55)45-47)63-38-19-32-56-54-30-14-17-34-59(54)69(66(56)63)62-37-20-36-61-65(62)57-31-15-18-35-60(57)67(61)48-40-42-52(43-41-48)70(49-23-7-2-8-24-49,50-25-9-3-10-26-50)51-27-11-4-12-28-51/h1-45H.